The third-order valence-electron chi connectivity index (χ3n) is 4.71. The fraction of sp³-hybridized carbons (Fsp3) is 0.400. The summed E-state index contributed by atoms with van der Waals surface area (Å²) >= 11 is 0. The van der Waals surface area contributed by atoms with Crippen LogP contribution in [-0.4, -0.2) is 69.7 Å². The van der Waals surface area contributed by atoms with Gasteiger partial charge >= 0.3 is 0 Å². The topological polar surface area (TPSA) is 107 Å². The van der Waals surface area contributed by atoms with E-state index in [1.165, 1.54) is 30.7 Å². The molecule has 9 nitrogen and oxygen atoms in total. The molecule has 1 aliphatic rings. The fourth-order valence-corrected chi connectivity index (χ4v) is 4.92. The zero-order chi connectivity index (χ0) is 21.6. The molecule has 1 N–H and O–H groups in total. The minimum Gasteiger partial charge on any atom is -0.497 e. The second kappa shape index (κ2) is 9.88. The number of ether oxygens (including phenoxy) is 3. The van der Waals surface area contributed by atoms with Crippen molar-refractivity contribution in [1.82, 2.24) is 14.6 Å². The Bertz CT molecular complexity index is 954. The highest BCUT2D eigenvalue weighted by Crippen LogP contribution is 2.30. The zero-order valence-corrected chi connectivity index (χ0v) is 17.7. The molecular formula is C20H25N3O6S. The van der Waals surface area contributed by atoms with Crippen molar-refractivity contribution in [3.05, 3.63) is 48.8 Å². The number of methoxy groups -OCH3 is 2. The first-order valence-electron chi connectivity index (χ1n) is 9.45. The molecule has 0 radical (unpaired) electrons. The maximum absolute atomic E-state index is 13.3. The van der Waals surface area contributed by atoms with Crippen LogP contribution in [0.4, 0.5) is 0 Å². The highest BCUT2D eigenvalue weighted by molar-refractivity contribution is 7.89. The van der Waals surface area contributed by atoms with Crippen LogP contribution in [0.2, 0.25) is 0 Å². The number of amides is 1. The fourth-order valence-electron chi connectivity index (χ4n) is 3.26. The molecule has 162 valence electrons. The van der Waals surface area contributed by atoms with Crippen LogP contribution in [0.25, 0.3) is 0 Å². The summed E-state index contributed by atoms with van der Waals surface area (Å²) in [5.74, 6) is 0.539. The molecule has 2 aromatic rings. The van der Waals surface area contributed by atoms with Crippen molar-refractivity contribution in [3.8, 4) is 11.5 Å². The highest BCUT2D eigenvalue weighted by atomic mass is 32.2. The molecule has 1 aromatic carbocycles. The summed E-state index contributed by atoms with van der Waals surface area (Å²) in [5, 5.41) is 2.72. The molecule has 1 aromatic heterocycles. The van der Waals surface area contributed by atoms with Crippen LogP contribution >= 0.6 is 0 Å². The van der Waals surface area contributed by atoms with E-state index in [4.69, 9.17) is 14.2 Å². The SMILES string of the molecule is COCCNC(=O)[C@H]1C[C@H](Oc2cccnc2)CN1S(=O)(=O)c1cccc(OC)c1. The molecule has 0 saturated carbocycles. The van der Waals surface area contributed by atoms with Crippen molar-refractivity contribution < 1.29 is 27.4 Å². The van der Waals surface area contributed by atoms with Crippen molar-refractivity contribution in [2.75, 3.05) is 33.9 Å². The minimum atomic E-state index is -3.96. The Morgan fingerprint density at radius 2 is 2.03 bits per heavy atom. The van der Waals surface area contributed by atoms with E-state index in [1.54, 1.807) is 36.7 Å². The Labute approximate surface area is 176 Å². The summed E-state index contributed by atoms with van der Waals surface area (Å²) in [6.45, 7) is 0.653. The van der Waals surface area contributed by atoms with Gasteiger partial charge in [0.1, 0.15) is 23.6 Å². The minimum absolute atomic E-state index is 0.0385. The lowest BCUT2D eigenvalue weighted by Gasteiger charge is -2.23. The monoisotopic (exact) mass is 435 g/mol. The van der Waals surface area contributed by atoms with Crippen LogP contribution in [0, 0.1) is 0 Å². The third kappa shape index (κ3) is 5.07. The van der Waals surface area contributed by atoms with E-state index < -0.39 is 28.1 Å². The summed E-state index contributed by atoms with van der Waals surface area (Å²) in [4.78, 5) is 16.8. The number of hydrogen-bond acceptors (Lipinski definition) is 7. The zero-order valence-electron chi connectivity index (χ0n) is 16.9. The summed E-state index contributed by atoms with van der Waals surface area (Å²) in [6, 6.07) is 8.73. The van der Waals surface area contributed by atoms with Gasteiger partial charge in [0.2, 0.25) is 15.9 Å². The second-order valence-electron chi connectivity index (χ2n) is 6.72. The summed E-state index contributed by atoms with van der Waals surface area (Å²) in [7, 11) is -0.965. The van der Waals surface area contributed by atoms with E-state index in [9.17, 15) is 13.2 Å². The predicted molar refractivity (Wildman–Crippen MR) is 109 cm³/mol. The molecule has 30 heavy (non-hydrogen) atoms. The van der Waals surface area contributed by atoms with Crippen LogP contribution in [-0.2, 0) is 19.6 Å². The van der Waals surface area contributed by atoms with E-state index in [2.05, 4.69) is 10.3 Å². The summed E-state index contributed by atoms with van der Waals surface area (Å²) in [6.07, 6.45) is 2.89. The molecule has 3 rings (SSSR count). The van der Waals surface area contributed by atoms with Gasteiger partial charge in [-0.15, -0.1) is 0 Å². The molecular weight excluding hydrogens is 410 g/mol. The van der Waals surface area contributed by atoms with Gasteiger partial charge in [0.15, 0.2) is 0 Å². The summed E-state index contributed by atoms with van der Waals surface area (Å²) in [5.41, 5.74) is 0. The van der Waals surface area contributed by atoms with Gasteiger partial charge in [-0.25, -0.2) is 8.42 Å². The van der Waals surface area contributed by atoms with Gasteiger partial charge in [-0.3, -0.25) is 9.78 Å². The molecule has 1 saturated heterocycles. The number of nitrogens with one attached hydrogen (secondary N) is 1. The standard InChI is InChI=1S/C20H25N3O6S/c1-27-10-9-22-20(24)19-12-17(29-16-6-4-8-21-13-16)14-23(19)30(25,26)18-7-3-5-15(11-18)28-2/h3-8,11,13,17,19H,9-10,12,14H2,1-2H3,(H,22,24)/t17-,19+/m0/s1. The average molecular weight is 436 g/mol. The molecule has 1 amide bonds. The van der Waals surface area contributed by atoms with E-state index in [-0.39, 0.29) is 24.4 Å². The van der Waals surface area contributed by atoms with Crippen LogP contribution in [0.15, 0.2) is 53.7 Å². The summed E-state index contributed by atoms with van der Waals surface area (Å²) < 4.78 is 43.9. The molecule has 2 atom stereocenters. The number of pyridine rings is 1. The molecule has 10 heteroatoms. The Morgan fingerprint density at radius 3 is 2.73 bits per heavy atom. The Morgan fingerprint density at radius 1 is 1.23 bits per heavy atom. The average Bonchev–Trinajstić information content (AvgIpc) is 3.19. The number of benzene rings is 1. The van der Waals surface area contributed by atoms with Crippen molar-refractivity contribution in [3.63, 3.8) is 0 Å². The number of sulfonamides is 1. The van der Waals surface area contributed by atoms with Gasteiger partial charge < -0.3 is 19.5 Å². The van der Waals surface area contributed by atoms with Crippen molar-refractivity contribution in [2.24, 2.45) is 0 Å². The van der Waals surface area contributed by atoms with Crippen molar-refractivity contribution in [2.45, 2.75) is 23.5 Å². The van der Waals surface area contributed by atoms with E-state index in [1.807, 2.05) is 0 Å². The second-order valence-corrected chi connectivity index (χ2v) is 8.61. The molecule has 0 spiro atoms. The maximum Gasteiger partial charge on any atom is 0.244 e. The number of carbonyl (C=O) groups excluding carboxylic acids is 1. The molecule has 0 bridgehead atoms. The first-order valence-corrected chi connectivity index (χ1v) is 10.9. The first-order chi connectivity index (χ1) is 14.5. The Hall–Kier alpha value is -2.69. The smallest absolute Gasteiger partial charge is 0.244 e. The van der Waals surface area contributed by atoms with E-state index in [0.29, 0.717) is 18.1 Å². The van der Waals surface area contributed by atoms with E-state index in [0.717, 1.165) is 0 Å². The maximum atomic E-state index is 13.3. The largest absolute Gasteiger partial charge is 0.497 e. The lowest BCUT2D eigenvalue weighted by Crippen LogP contribution is -2.46. The van der Waals surface area contributed by atoms with E-state index >= 15 is 0 Å². The molecule has 0 unspecified atom stereocenters. The van der Waals surface area contributed by atoms with Gasteiger partial charge in [0.25, 0.3) is 0 Å². The Balaban J connectivity index is 1.85. The van der Waals surface area contributed by atoms with Gasteiger partial charge in [-0.1, -0.05) is 6.07 Å². The number of carbonyl (C=O) groups is 1. The number of aromatic nitrogens is 1. The number of hydrogen-bond donors (Lipinski definition) is 1. The quantitative estimate of drug-likeness (QED) is 0.587. The predicted octanol–water partition coefficient (Wildman–Crippen LogP) is 1.06. The molecule has 2 heterocycles. The lowest BCUT2D eigenvalue weighted by atomic mass is 10.2. The molecule has 0 aliphatic carbocycles. The molecule has 1 aliphatic heterocycles. The Kier molecular flexibility index (Phi) is 7.24. The molecule has 1 fully saturated rings. The van der Waals surface area contributed by atoms with Gasteiger partial charge in [0.05, 0.1) is 31.4 Å². The highest BCUT2D eigenvalue weighted by Gasteiger charge is 2.45. The van der Waals surface area contributed by atoms with Crippen LogP contribution in [0.5, 0.6) is 11.5 Å². The van der Waals surface area contributed by atoms with Gasteiger partial charge in [-0.2, -0.15) is 4.31 Å². The third-order valence-corrected chi connectivity index (χ3v) is 6.58. The van der Waals surface area contributed by atoms with Crippen LogP contribution in [0.1, 0.15) is 6.42 Å². The van der Waals surface area contributed by atoms with Crippen molar-refractivity contribution >= 4 is 15.9 Å². The number of rotatable bonds is 9. The number of nitrogens with zero attached hydrogens (tertiary/aromatic N) is 2. The normalized spacial score (nSPS) is 19.4. The van der Waals surface area contributed by atoms with Crippen LogP contribution in [0.3, 0.4) is 0 Å². The van der Waals surface area contributed by atoms with Gasteiger partial charge in [0, 0.05) is 32.3 Å². The van der Waals surface area contributed by atoms with Gasteiger partial charge in [-0.05, 0) is 24.3 Å². The van der Waals surface area contributed by atoms with Crippen LogP contribution < -0.4 is 14.8 Å². The van der Waals surface area contributed by atoms with Crippen molar-refractivity contribution in [1.29, 1.82) is 0 Å². The first kappa shape index (κ1) is 22.0. The lowest BCUT2D eigenvalue weighted by molar-refractivity contribution is -0.124.